The van der Waals surface area contributed by atoms with Crippen LogP contribution in [-0.2, 0) is 11.2 Å². The fourth-order valence-corrected chi connectivity index (χ4v) is 4.30. The Kier molecular flexibility index (Phi) is 9.06. The van der Waals surface area contributed by atoms with E-state index in [4.69, 9.17) is 4.74 Å². The largest absolute Gasteiger partial charge is 0.373 e. The lowest BCUT2D eigenvalue weighted by atomic mass is 10.0. The molecule has 1 aliphatic rings. The lowest BCUT2D eigenvalue weighted by Gasteiger charge is -2.33. The Hall–Kier alpha value is -1.64. The summed E-state index contributed by atoms with van der Waals surface area (Å²) in [4.78, 5) is 2.64. The van der Waals surface area contributed by atoms with Gasteiger partial charge in [0.05, 0.1) is 6.10 Å². The Bertz CT molecular complexity index is 642. The SMILES string of the molecule is CC1CCCCN1CCCOC(CCCCc1ccccc1)c1ccccc1. The zero-order chi connectivity index (χ0) is 19.4. The topological polar surface area (TPSA) is 12.5 Å². The van der Waals surface area contributed by atoms with E-state index >= 15 is 0 Å². The normalized spacial score (nSPS) is 18.8. The summed E-state index contributed by atoms with van der Waals surface area (Å²) in [6.45, 7) is 5.68. The third-order valence-corrected chi connectivity index (χ3v) is 6.05. The van der Waals surface area contributed by atoms with Gasteiger partial charge in [-0.15, -0.1) is 0 Å². The van der Waals surface area contributed by atoms with E-state index < -0.39 is 0 Å². The molecular weight excluding hydrogens is 342 g/mol. The molecule has 0 amide bonds. The molecule has 1 fully saturated rings. The van der Waals surface area contributed by atoms with E-state index in [1.54, 1.807) is 0 Å². The van der Waals surface area contributed by atoms with Crippen LogP contribution in [-0.4, -0.2) is 30.6 Å². The monoisotopic (exact) mass is 379 g/mol. The molecule has 0 bridgehead atoms. The maximum absolute atomic E-state index is 6.38. The molecule has 0 saturated carbocycles. The van der Waals surface area contributed by atoms with Gasteiger partial charge in [0, 0.05) is 19.2 Å². The van der Waals surface area contributed by atoms with Gasteiger partial charge >= 0.3 is 0 Å². The molecule has 0 radical (unpaired) electrons. The number of hydrogen-bond acceptors (Lipinski definition) is 2. The Labute approximate surface area is 171 Å². The highest BCUT2D eigenvalue weighted by molar-refractivity contribution is 5.17. The molecule has 1 heterocycles. The minimum Gasteiger partial charge on any atom is -0.373 e. The third kappa shape index (κ3) is 7.07. The standard InChI is InChI=1S/C26H37NO/c1-23-13-10-11-20-27(23)21-12-22-28-26(25-17-6-3-7-18-25)19-9-8-16-24-14-4-2-5-15-24/h2-7,14-15,17-18,23,26H,8-13,16,19-22H2,1H3. The zero-order valence-electron chi connectivity index (χ0n) is 17.6. The predicted octanol–water partition coefficient (Wildman–Crippen LogP) is 6.42. The van der Waals surface area contributed by atoms with Crippen molar-refractivity contribution in [2.75, 3.05) is 19.7 Å². The van der Waals surface area contributed by atoms with Gasteiger partial charge in [-0.2, -0.15) is 0 Å². The number of nitrogens with zero attached hydrogens (tertiary/aromatic N) is 1. The summed E-state index contributed by atoms with van der Waals surface area (Å²) < 4.78 is 6.38. The molecule has 0 spiro atoms. The lowest BCUT2D eigenvalue weighted by Crippen LogP contribution is -2.38. The van der Waals surface area contributed by atoms with Crippen LogP contribution < -0.4 is 0 Å². The highest BCUT2D eigenvalue weighted by Crippen LogP contribution is 2.24. The molecule has 2 unspecified atom stereocenters. The molecule has 28 heavy (non-hydrogen) atoms. The van der Waals surface area contributed by atoms with Gasteiger partial charge in [0.25, 0.3) is 0 Å². The summed E-state index contributed by atoms with van der Waals surface area (Å²) in [6.07, 6.45) is 10.2. The third-order valence-electron chi connectivity index (χ3n) is 6.05. The first-order valence-electron chi connectivity index (χ1n) is 11.3. The summed E-state index contributed by atoms with van der Waals surface area (Å²) in [5.74, 6) is 0. The molecule has 1 aliphatic heterocycles. The van der Waals surface area contributed by atoms with Crippen molar-refractivity contribution in [1.82, 2.24) is 4.90 Å². The van der Waals surface area contributed by atoms with Crippen LogP contribution in [0.1, 0.15) is 69.1 Å². The van der Waals surface area contributed by atoms with Gasteiger partial charge in [0.1, 0.15) is 0 Å². The molecular formula is C26H37NO. The number of piperidine rings is 1. The fourth-order valence-electron chi connectivity index (χ4n) is 4.30. The number of hydrogen-bond donors (Lipinski definition) is 0. The molecule has 152 valence electrons. The van der Waals surface area contributed by atoms with Crippen molar-refractivity contribution in [3.05, 3.63) is 71.8 Å². The first kappa shape index (κ1) is 21.1. The van der Waals surface area contributed by atoms with Gasteiger partial charge in [-0.1, -0.05) is 73.5 Å². The molecule has 2 aromatic rings. The number of benzene rings is 2. The van der Waals surface area contributed by atoms with Crippen LogP contribution in [0, 0.1) is 0 Å². The van der Waals surface area contributed by atoms with Crippen LogP contribution in [0.3, 0.4) is 0 Å². The Morgan fingerprint density at radius 2 is 1.68 bits per heavy atom. The molecule has 2 heteroatoms. The quantitative estimate of drug-likeness (QED) is 0.418. The molecule has 1 saturated heterocycles. The zero-order valence-corrected chi connectivity index (χ0v) is 17.6. The van der Waals surface area contributed by atoms with Crippen LogP contribution >= 0.6 is 0 Å². The second kappa shape index (κ2) is 12.0. The molecule has 2 atom stereocenters. The van der Waals surface area contributed by atoms with Gasteiger partial charge in [0.2, 0.25) is 0 Å². The maximum atomic E-state index is 6.38. The van der Waals surface area contributed by atoms with Crippen molar-refractivity contribution in [2.45, 2.75) is 70.4 Å². The van der Waals surface area contributed by atoms with Crippen molar-refractivity contribution in [3.8, 4) is 0 Å². The van der Waals surface area contributed by atoms with Gasteiger partial charge in [0.15, 0.2) is 0 Å². The van der Waals surface area contributed by atoms with Crippen molar-refractivity contribution in [2.24, 2.45) is 0 Å². The first-order valence-corrected chi connectivity index (χ1v) is 11.3. The van der Waals surface area contributed by atoms with Crippen molar-refractivity contribution in [3.63, 3.8) is 0 Å². The Morgan fingerprint density at radius 1 is 0.929 bits per heavy atom. The fraction of sp³-hybridized carbons (Fsp3) is 0.538. The second-order valence-corrected chi connectivity index (χ2v) is 8.24. The highest BCUT2D eigenvalue weighted by atomic mass is 16.5. The maximum Gasteiger partial charge on any atom is 0.0824 e. The van der Waals surface area contributed by atoms with Crippen LogP contribution in [0.25, 0.3) is 0 Å². The lowest BCUT2D eigenvalue weighted by molar-refractivity contribution is 0.0347. The van der Waals surface area contributed by atoms with Gasteiger partial charge < -0.3 is 9.64 Å². The summed E-state index contributed by atoms with van der Waals surface area (Å²) in [5.41, 5.74) is 2.77. The smallest absolute Gasteiger partial charge is 0.0824 e. The highest BCUT2D eigenvalue weighted by Gasteiger charge is 2.18. The van der Waals surface area contributed by atoms with E-state index in [-0.39, 0.29) is 6.10 Å². The minimum atomic E-state index is 0.232. The van der Waals surface area contributed by atoms with Crippen LogP contribution in [0.15, 0.2) is 60.7 Å². The van der Waals surface area contributed by atoms with Crippen LogP contribution in [0.4, 0.5) is 0 Å². The summed E-state index contributed by atoms with van der Waals surface area (Å²) in [5, 5.41) is 0. The molecule has 0 aromatic heterocycles. The number of rotatable bonds is 11. The van der Waals surface area contributed by atoms with E-state index in [9.17, 15) is 0 Å². The van der Waals surface area contributed by atoms with Crippen molar-refractivity contribution in [1.29, 1.82) is 0 Å². The molecule has 0 aliphatic carbocycles. The number of aryl methyl sites for hydroxylation is 1. The Balaban J connectivity index is 1.41. The Morgan fingerprint density at radius 3 is 2.43 bits per heavy atom. The van der Waals surface area contributed by atoms with E-state index in [0.29, 0.717) is 0 Å². The van der Waals surface area contributed by atoms with Gasteiger partial charge in [-0.05, 0) is 63.1 Å². The van der Waals surface area contributed by atoms with Crippen LogP contribution in [0.2, 0.25) is 0 Å². The minimum absolute atomic E-state index is 0.232. The summed E-state index contributed by atoms with van der Waals surface area (Å²) in [7, 11) is 0. The number of unbranched alkanes of at least 4 members (excludes halogenated alkanes) is 1. The molecule has 2 aromatic carbocycles. The average Bonchev–Trinajstić information content (AvgIpc) is 2.75. The van der Waals surface area contributed by atoms with E-state index in [1.807, 2.05) is 0 Å². The van der Waals surface area contributed by atoms with Crippen molar-refractivity contribution < 1.29 is 4.74 Å². The van der Waals surface area contributed by atoms with Crippen LogP contribution in [0.5, 0.6) is 0 Å². The van der Waals surface area contributed by atoms with E-state index in [1.165, 1.54) is 56.3 Å². The predicted molar refractivity (Wildman–Crippen MR) is 119 cm³/mol. The summed E-state index contributed by atoms with van der Waals surface area (Å²) in [6, 6.07) is 22.3. The van der Waals surface area contributed by atoms with E-state index in [2.05, 4.69) is 72.5 Å². The second-order valence-electron chi connectivity index (χ2n) is 8.24. The number of ether oxygens (including phenoxy) is 1. The van der Waals surface area contributed by atoms with Crippen molar-refractivity contribution >= 4 is 0 Å². The summed E-state index contributed by atoms with van der Waals surface area (Å²) >= 11 is 0. The van der Waals surface area contributed by atoms with Gasteiger partial charge in [-0.3, -0.25) is 0 Å². The molecule has 3 rings (SSSR count). The van der Waals surface area contributed by atoms with E-state index in [0.717, 1.165) is 31.9 Å². The molecule has 2 nitrogen and oxygen atoms in total. The first-order chi connectivity index (χ1) is 13.8. The molecule has 0 N–H and O–H groups in total. The average molecular weight is 380 g/mol. The van der Waals surface area contributed by atoms with Gasteiger partial charge in [-0.25, -0.2) is 0 Å². The number of likely N-dealkylation sites (tertiary alicyclic amines) is 1.